The molecule has 0 saturated carbocycles. The van der Waals surface area contributed by atoms with Crippen molar-refractivity contribution in [3.63, 3.8) is 0 Å². The van der Waals surface area contributed by atoms with Crippen molar-refractivity contribution < 1.29 is 65.9 Å². The van der Waals surface area contributed by atoms with E-state index in [-0.39, 0.29) is 125 Å². The molecule has 746 valence electrons. The molecule has 18 nitrogen and oxygen atoms in total. The molecule has 0 radical (unpaired) electrons. The molecule has 0 aliphatic rings. The van der Waals surface area contributed by atoms with Gasteiger partial charge in [0, 0.05) is 90.5 Å². The first-order chi connectivity index (χ1) is 56.1. The Balaban J connectivity index is -0.000000130. The van der Waals surface area contributed by atoms with Crippen LogP contribution in [-0.4, -0.2) is 163 Å². The summed E-state index contributed by atoms with van der Waals surface area (Å²) >= 11 is 16.6. The van der Waals surface area contributed by atoms with Crippen LogP contribution in [0.15, 0.2) is 97.2 Å². The molecule has 0 aliphatic heterocycles. The van der Waals surface area contributed by atoms with Crippen LogP contribution in [0.25, 0.3) is 0 Å². The first-order valence-corrected chi connectivity index (χ1v) is 45.5. The van der Waals surface area contributed by atoms with E-state index in [0.29, 0.717) is 63.9 Å². The first kappa shape index (κ1) is 144. The molecule has 5 N–H and O–H groups in total. The number of amides is 6. The zero-order valence-corrected chi connectivity index (χ0v) is 91.4. The van der Waals surface area contributed by atoms with Gasteiger partial charge >= 0.3 is 6.18 Å². The van der Waals surface area contributed by atoms with Gasteiger partial charge in [0.05, 0.1) is 0 Å². The third kappa shape index (κ3) is 140. The third-order valence-electron chi connectivity index (χ3n) is 14.7. The zero-order chi connectivity index (χ0) is 104. The van der Waals surface area contributed by atoms with Gasteiger partial charge in [-0.05, 0) is 198 Å². The Labute approximate surface area is 791 Å². The van der Waals surface area contributed by atoms with Crippen molar-refractivity contribution in [2.24, 2.45) is 59.6 Å². The van der Waals surface area contributed by atoms with E-state index in [1.807, 2.05) is 80.5 Å². The molecular weight excluding hydrogens is 1670 g/mol. The maximum absolute atomic E-state index is 12.0. The zero-order valence-electron chi connectivity index (χ0n) is 89.1. The van der Waals surface area contributed by atoms with Crippen molar-refractivity contribution in [1.29, 1.82) is 0 Å². The minimum Gasteiger partial charge on any atom is -0.354 e. The number of carbonyl (C=O) groups is 11. The fourth-order valence-corrected chi connectivity index (χ4v) is 7.86. The van der Waals surface area contributed by atoms with Crippen LogP contribution in [0, 0.1) is 59.6 Å². The van der Waals surface area contributed by atoms with Crippen molar-refractivity contribution in [1.82, 2.24) is 36.4 Å². The molecule has 3 atom stereocenters. The molecular formula is C103H191Cl3F3N7O11. The molecule has 0 spiro atoms. The monoisotopic (exact) mass is 1860 g/mol. The van der Waals surface area contributed by atoms with Crippen LogP contribution in [0.1, 0.15) is 349 Å². The number of likely N-dealkylation sites (N-methyl/N-ethyl adjacent to an activating group) is 2. The smallest absolute Gasteiger partial charge is 0.354 e. The Bertz CT molecular complexity index is 3230. The highest BCUT2D eigenvalue weighted by atomic mass is 35.5. The Morgan fingerprint density at radius 1 is 0.362 bits per heavy atom. The highest BCUT2D eigenvalue weighted by molar-refractivity contribution is 6.31. The van der Waals surface area contributed by atoms with Crippen molar-refractivity contribution in [3.8, 4) is 0 Å². The summed E-state index contributed by atoms with van der Waals surface area (Å²) in [6.07, 6.45) is 15.7. The molecule has 0 rings (SSSR count). The SMILES string of the molecule is C/C=C/C(=O)CCC(C)(C)C.C=C(C(=O)NCC(C)(C)C)C(F)(F)F.C=C(C)C(=O)NCC(C)(C)C.C=CC(=O)CCC(C)(C)C.C=CC(=O)N(C)CC(C)(C)C.CC(C)=CC(=O)CC(C)(C)C.CC(C)=CC(=O)CCC(C)(C)C.CC(Cl)C(=O)NCC(C)(C)C.CN(C)C/C=C/C(=O)CCC(C)(C)C.C[C@@H](Cl)C(=O)NCC(C)(C)C.C[C@H](Cl)C(=O)NCC(C)(C)C. The van der Waals surface area contributed by atoms with Gasteiger partial charge in [0.15, 0.2) is 28.9 Å². The van der Waals surface area contributed by atoms with Crippen LogP contribution < -0.4 is 26.6 Å². The number of ketones is 5. The van der Waals surface area contributed by atoms with Gasteiger partial charge in [0.1, 0.15) is 21.7 Å². The lowest BCUT2D eigenvalue weighted by atomic mass is 9.89. The quantitative estimate of drug-likeness (QED) is 0.0362. The van der Waals surface area contributed by atoms with Crippen LogP contribution >= 0.6 is 34.8 Å². The summed E-state index contributed by atoms with van der Waals surface area (Å²) in [6, 6.07) is 0. The lowest BCUT2D eigenvalue weighted by molar-refractivity contribution is -0.131. The average Bonchev–Trinajstić information content (AvgIpc) is 0.875. The molecule has 6 amide bonds. The summed E-state index contributed by atoms with van der Waals surface area (Å²) in [4.78, 5) is 125. The molecule has 0 heterocycles. The molecule has 0 aromatic carbocycles. The number of hydrogen-bond acceptors (Lipinski definition) is 12. The summed E-state index contributed by atoms with van der Waals surface area (Å²) in [5.74, 6) is -0.404. The second kappa shape index (κ2) is 70.5. The summed E-state index contributed by atoms with van der Waals surface area (Å²) in [7, 11) is 5.77. The number of hydrogen-bond donors (Lipinski definition) is 5. The molecule has 0 aromatic rings. The maximum atomic E-state index is 12.0. The van der Waals surface area contributed by atoms with Gasteiger partial charge in [-0.2, -0.15) is 13.2 Å². The highest BCUT2D eigenvalue weighted by Gasteiger charge is 2.37. The molecule has 0 saturated heterocycles. The number of nitrogens with one attached hydrogen (secondary N) is 5. The second-order valence-electron chi connectivity index (χ2n) is 46.0. The fraction of sp³-hybridized carbons (Fsp3) is 0.738. The van der Waals surface area contributed by atoms with E-state index in [1.54, 1.807) is 70.0 Å². The van der Waals surface area contributed by atoms with Crippen LogP contribution in [0.3, 0.4) is 0 Å². The second-order valence-corrected chi connectivity index (χ2v) is 48.0. The van der Waals surface area contributed by atoms with Crippen LogP contribution in [-0.2, 0) is 52.7 Å². The largest absolute Gasteiger partial charge is 0.421 e. The summed E-state index contributed by atoms with van der Waals surface area (Å²) in [6.45, 7) is 102. The highest BCUT2D eigenvalue weighted by Crippen LogP contribution is 2.27. The van der Waals surface area contributed by atoms with Crippen molar-refractivity contribution in [3.05, 3.63) is 97.2 Å². The fourth-order valence-electron chi connectivity index (χ4n) is 7.63. The molecule has 0 aliphatic carbocycles. The minimum atomic E-state index is -4.65. The Hall–Kier alpha value is -6.29. The van der Waals surface area contributed by atoms with E-state index >= 15 is 0 Å². The summed E-state index contributed by atoms with van der Waals surface area (Å²) in [5.41, 5.74) is 2.99. The summed E-state index contributed by atoms with van der Waals surface area (Å²) in [5, 5.41) is 11.9. The number of carbonyl (C=O) groups excluding carboxylic acids is 11. The van der Waals surface area contributed by atoms with Crippen LogP contribution in [0.4, 0.5) is 13.2 Å². The van der Waals surface area contributed by atoms with Gasteiger partial charge in [-0.25, -0.2) is 0 Å². The van der Waals surface area contributed by atoms with Gasteiger partial charge in [0.2, 0.25) is 29.5 Å². The molecule has 0 aromatic heterocycles. The third-order valence-corrected chi connectivity index (χ3v) is 15.3. The number of nitrogens with zero attached hydrogens (tertiary/aromatic N) is 2. The molecule has 127 heavy (non-hydrogen) atoms. The Kier molecular flexibility index (Phi) is 79.8. The topological polar surface area (TPSA) is 254 Å². The maximum Gasteiger partial charge on any atom is 0.421 e. The van der Waals surface area contributed by atoms with Crippen LogP contribution in [0.2, 0.25) is 0 Å². The number of alkyl halides is 6. The predicted octanol–water partition coefficient (Wildman–Crippen LogP) is 25.3. The average molecular weight is 1870 g/mol. The predicted molar refractivity (Wildman–Crippen MR) is 541 cm³/mol. The number of rotatable bonds is 28. The molecule has 0 bridgehead atoms. The van der Waals surface area contributed by atoms with E-state index in [0.717, 1.165) is 49.9 Å². The van der Waals surface area contributed by atoms with E-state index < -0.39 is 33.8 Å². The number of allylic oxidation sites excluding steroid dienone is 8. The minimum absolute atomic E-state index is 0.0140. The molecule has 24 heteroatoms. The van der Waals surface area contributed by atoms with Gasteiger partial charge in [-0.3, -0.25) is 52.7 Å². The first-order valence-electron chi connectivity index (χ1n) is 44.2. The van der Waals surface area contributed by atoms with Crippen molar-refractivity contribution in [2.75, 3.05) is 67.0 Å². The van der Waals surface area contributed by atoms with Gasteiger partial charge in [-0.1, -0.05) is 278 Å². The van der Waals surface area contributed by atoms with Crippen molar-refractivity contribution in [2.45, 2.75) is 371 Å². The standard InChI is InChI=1S/C12H23NO.C11H20O.2C10H18O.C9H14F3NO.2C9H17NO.C9H16O.3C8H16ClNO/c1-12(2,3)9-8-11(14)7-6-10-13(4)5;1-9(2)8-10(12)6-7-11(3,4)5;1-8(2)6-9(11)7-10(3,4)5;1-5-6-9(11)7-8-10(2,3)4;1-6(9(10,11)12)7(14)13-5-8(2,3)4;1-7(2)8(11)10-6-9(3,4)5;1-6-8(11)10(5)7-9(2,3)4;1-5-8(10)6-7-9(2,3)4;3*1-6(9)7(11)10-5-8(2,3)4/h6-7H,8-10H2,1-5H3;8H,6-7H2,1-5H3;6H,7H2,1-5H3;5-6H,7-8H2,1-4H3;1,5H2,2-4H3,(H,13,14);1,6H2,2-5H3,(H,10,11);6H,1,7H2,2-5H3;5H,1,6-7H2,2-4H3;3*6H,5H2,1-4H3,(H,10,11)/b7-6+;;;6-5+;;;;;;;/t;;;;;;;;2*6-;/m........10./s1. The van der Waals surface area contributed by atoms with Crippen LogP contribution in [0.5, 0.6) is 0 Å². The van der Waals surface area contributed by atoms with E-state index in [9.17, 15) is 65.9 Å². The summed E-state index contributed by atoms with van der Waals surface area (Å²) < 4.78 is 35.9. The lowest BCUT2D eigenvalue weighted by Crippen LogP contribution is -2.36. The van der Waals surface area contributed by atoms with Crippen molar-refractivity contribution >= 4 is 99.2 Å². The Morgan fingerprint density at radius 3 is 0.850 bits per heavy atom. The Morgan fingerprint density at radius 2 is 0.630 bits per heavy atom. The molecule has 0 fully saturated rings. The van der Waals surface area contributed by atoms with Gasteiger partial charge < -0.3 is 36.4 Å². The van der Waals surface area contributed by atoms with Gasteiger partial charge in [-0.15, -0.1) is 34.8 Å². The lowest BCUT2D eigenvalue weighted by Gasteiger charge is -2.25. The van der Waals surface area contributed by atoms with E-state index in [2.05, 4.69) is 261 Å². The number of halogens is 6. The normalized spacial score (nSPS) is 12.3. The molecule has 1 unspecified atom stereocenters. The van der Waals surface area contributed by atoms with E-state index in [1.165, 1.54) is 12.2 Å². The van der Waals surface area contributed by atoms with Gasteiger partial charge in [0.25, 0.3) is 5.91 Å². The van der Waals surface area contributed by atoms with E-state index in [4.69, 9.17) is 34.8 Å².